The molecule has 0 fully saturated rings. The summed E-state index contributed by atoms with van der Waals surface area (Å²) in [4.78, 5) is 25.5. The van der Waals surface area contributed by atoms with Crippen molar-refractivity contribution in [2.45, 2.75) is 19.9 Å². The van der Waals surface area contributed by atoms with E-state index in [1.807, 2.05) is 13.0 Å². The topological polar surface area (TPSA) is 94.8 Å². The van der Waals surface area contributed by atoms with Gasteiger partial charge in [0.1, 0.15) is 11.5 Å². The van der Waals surface area contributed by atoms with E-state index in [-0.39, 0.29) is 23.0 Å². The van der Waals surface area contributed by atoms with Crippen LogP contribution >= 0.6 is 0 Å². The summed E-state index contributed by atoms with van der Waals surface area (Å²) in [6.07, 6.45) is 1.96. The molecule has 1 heterocycles. The van der Waals surface area contributed by atoms with Gasteiger partial charge in [0.05, 0.1) is 30.5 Å². The number of phenolic OH excluding ortho intramolecular Hbond substituents is 1. The van der Waals surface area contributed by atoms with Crippen molar-refractivity contribution in [3.05, 3.63) is 58.8 Å². The van der Waals surface area contributed by atoms with E-state index in [1.165, 1.54) is 11.0 Å². The van der Waals surface area contributed by atoms with Gasteiger partial charge in [0.15, 0.2) is 11.5 Å². The summed E-state index contributed by atoms with van der Waals surface area (Å²) in [5.74, 6) is 0.216. The lowest BCUT2D eigenvalue weighted by atomic mass is 9.98. The number of nitrogens with one attached hydrogen (secondary N) is 2. The molecule has 0 bridgehead atoms. The van der Waals surface area contributed by atoms with Crippen LogP contribution in [0.1, 0.15) is 28.1 Å². The van der Waals surface area contributed by atoms with E-state index < -0.39 is 0 Å². The molecule has 1 amide bonds. The summed E-state index contributed by atoms with van der Waals surface area (Å²) < 4.78 is 5.37. The highest BCUT2D eigenvalue weighted by molar-refractivity contribution is 6.07. The van der Waals surface area contributed by atoms with Gasteiger partial charge in [-0.05, 0) is 30.7 Å². The standard InChI is InChI=1S/C19H21N3O4/c1-11-7-12(26-10-11)9-20-15-8-16(23)17(15)21-14-6-4-5-13(18(14)24)19(25)22(2)3/h4-7,10,20-21,24H,8-9H2,1-3H3. The second-order valence-corrected chi connectivity index (χ2v) is 6.42. The summed E-state index contributed by atoms with van der Waals surface area (Å²) in [6, 6.07) is 6.73. The van der Waals surface area contributed by atoms with Gasteiger partial charge in [-0.2, -0.15) is 0 Å². The summed E-state index contributed by atoms with van der Waals surface area (Å²) in [5.41, 5.74) is 2.65. The van der Waals surface area contributed by atoms with E-state index in [2.05, 4.69) is 10.6 Å². The SMILES string of the molecule is Cc1coc(CNC2=C(Nc3cccc(C(=O)N(C)C)c3O)C(=O)C2)c1. The minimum Gasteiger partial charge on any atom is -0.505 e. The second-order valence-electron chi connectivity index (χ2n) is 6.42. The fraction of sp³-hybridized carbons (Fsp3) is 0.263. The number of amides is 1. The minimum absolute atomic E-state index is 0.0631. The number of hydrogen-bond acceptors (Lipinski definition) is 6. The van der Waals surface area contributed by atoms with Crippen LogP contribution in [-0.2, 0) is 11.3 Å². The number of aromatic hydroxyl groups is 1. The monoisotopic (exact) mass is 355 g/mol. The van der Waals surface area contributed by atoms with Crippen molar-refractivity contribution >= 4 is 17.4 Å². The van der Waals surface area contributed by atoms with Crippen LogP contribution in [0.4, 0.5) is 5.69 Å². The van der Waals surface area contributed by atoms with Crippen LogP contribution in [-0.4, -0.2) is 35.8 Å². The molecule has 26 heavy (non-hydrogen) atoms. The van der Waals surface area contributed by atoms with Crippen molar-refractivity contribution < 1.29 is 19.1 Å². The molecule has 3 rings (SSSR count). The summed E-state index contributed by atoms with van der Waals surface area (Å²) in [5, 5.41) is 16.5. The molecule has 0 radical (unpaired) electrons. The molecule has 0 unspecified atom stereocenters. The second kappa shape index (κ2) is 6.95. The third-order valence-corrected chi connectivity index (χ3v) is 4.11. The number of furan rings is 1. The average Bonchev–Trinajstić information content (AvgIpc) is 3.02. The van der Waals surface area contributed by atoms with Crippen molar-refractivity contribution in [1.82, 2.24) is 10.2 Å². The average molecular weight is 355 g/mol. The zero-order valence-electron chi connectivity index (χ0n) is 14.9. The lowest BCUT2D eigenvalue weighted by Crippen LogP contribution is -2.32. The first kappa shape index (κ1) is 17.6. The third kappa shape index (κ3) is 3.42. The van der Waals surface area contributed by atoms with E-state index in [1.54, 1.807) is 32.5 Å². The molecule has 7 nitrogen and oxygen atoms in total. The van der Waals surface area contributed by atoms with Crippen LogP contribution in [0.2, 0.25) is 0 Å². The van der Waals surface area contributed by atoms with Crippen LogP contribution < -0.4 is 10.6 Å². The molecule has 0 spiro atoms. The number of nitrogens with zero attached hydrogens (tertiary/aromatic N) is 1. The number of carbonyl (C=O) groups is 2. The lowest BCUT2D eigenvalue weighted by molar-refractivity contribution is -0.116. The molecule has 0 aliphatic heterocycles. The largest absolute Gasteiger partial charge is 0.505 e. The van der Waals surface area contributed by atoms with Crippen molar-refractivity contribution in [2.24, 2.45) is 0 Å². The van der Waals surface area contributed by atoms with E-state index in [0.29, 0.717) is 24.4 Å². The maximum Gasteiger partial charge on any atom is 0.257 e. The van der Waals surface area contributed by atoms with Crippen LogP contribution in [0.3, 0.4) is 0 Å². The molecule has 1 aromatic carbocycles. The Bertz CT molecular complexity index is 896. The molecule has 1 aliphatic rings. The Hall–Kier alpha value is -3.22. The number of Topliss-reactive ketones (excluding diaryl/α,β-unsaturated/α-hetero) is 1. The fourth-order valence-corrected chi connectivity index (χ4v) is 2.66. The Morgan fingerprint density at radius 2 is 2.12 bits per heavy atom. The molecule has 0 saturated heterocycles. The van der Waals surface area contributed by atoms with Gasteiger partial charge < -0.3 is 25.1 Å². The number of phenols is 1. The van der Waals surface area contributed by atoms with Crippen molar-refractivity contribution in [3.8, 4) is 5.75 Å². The Kier molecular flexibility index (Phi) is 4.71. The lowest BCUT2D eigenvalue weighted by Gasteiger charge is -2.25. The molecule has 3 N–H and O–H groups in total. The molecular formula is C19H21N3O4. The summed E-state index contributed by atoms with van der Waals surface area (Å²) >= 11 is 0. The first-order chi connectivity index (χ1) is 12.4. The first-order valence-corrected chi connectivity index (χ1v) is 8.21. The number of para-hydroxylation sites is 1. The maximum absolute atomic E-state index is 12.1. The van der Waals surface area contributed by atoms with E-state index in [0.717, 1.165) is 17.0 Å². The van der Waals surface area contributed by atoms with Gasteiger partial charge in [0, 0.05) is 19.8 Å². The normalized spacial score (nSPS) is 13.4. The molecule has 1 aliphatic carbocycles. The van der Waals surface area contributed by atoms with E-state index >= 15 is 0 Å². The van der Waals surface area contributed by atoms with Crippen LogP contribution in [0.15, 0.2) is 46.3 Å². The van der Waals surface area contributed by atoms with Gasteiger partial charge in [0.25, 0.3) is 5.91 Å². The maximum atomic E-state index is 12.1. The Balaban J connectivity index is 1.77. The molecular weight excluding hydrogens is 334 g/mol. The van der Waals surface area contributed by atoms with Gasteiger partial charge in [-0.3, -0.25) is 9.59 Å². The Labute approximate surface area is 151 Å². The number of rotatable bonds is 6. The van der Waals surface area contributed by atoms with E-state index in [4.69, 9.17) is 4.42 Å². The van der Waals surface area contributed by atoms with Crippen LogP contribution in [0, 0.1) is 6.92 Å². The number of carbonyl (C=O) groups excluding carboxylic acids is 2. The highest BCUT2D eigenvalue weighted by Crippen LogP contribution is 2.32. The summed E-state index contributed by atoms with van der Waals surface area (Å²) in [7, 11) is 3.22. The van der Waals surface area contributed by atoms with Gasteiger partial charge in [-0.15, -0.1) is 0 Å². The predicted octanol–water partition coefficient (Wildman–Crippen LogP) is 2.38. The molecule has 0 saturated carbocycles. The number of hydrogen-bond donors (Lipinski definition) is 3. The Morgan fingerprint density at radius 1 is 1.35 bits per heavy atom. The Morgan fingerprint density at radius 3 is 2.73 bits per heavy atom. The molecule has 1 aromatic heterocycles. The molecule has 136 valence electrons. The van der Waals surface area contributed by atoms with Gasteiger partial charge in [0.2, 0.25) is 0 Å². The molecule has 7 heteroatoms. The predicted molar refractivity (Wildman–Crippen MR) is 96.7 cm³/mol. The van der Waals surface area contributed by atoms with Gasteiger partial charge >= 0.3 is 0 Å². The molecule has 0 atom stereocenters. The third-order valence-electron chi connectivity index (χ3n) is 4.11. The fourth-order valence-electron chi connectivity index (χ4n) is 2.66. The number of benzene rings is 1. The highest BCUT2D eigenvalue weighted by atomic mass is 16.3. The van der Waals surface area contributed by atoms with Crippen molar-refractivity contribution in [2.75, 3.05) is 19.4 Å². The molecule has 2 aromatic rings. The zero-order valence-corrected chi connectivity index (χ0v) is 14.9. The number of aryl methyl sites for hydroxylation is 1. The minimum atomic E-state index is -0.313. The van der Waals surface area contributed by atoms with Gasteiger partial charge in [-0.25, -0.2) is 0 Å². The van der Waals surface area contributed by atoms with Crippen molar-refractivity contribution in [3.63, 3.8) is 0 Å². The summed E-state index contributed by atoms with van der Waals surface area (Å²) in [6.45, 7) is 2.41. The van der Waals surface area contributed by atoms with E-state index in [9.17, 15) is 14.7 Å². The van der Waals surface area contributed by atoms with Crippen LogP contribution in [0.25, 0.3) is 0 Å². The number of allylic oxidation sites excluding steroid dienone is 2. The quantitative estimate of drug-likeness (QED) is 0.689. The smallest absolute Gasteiger partial charge is 0.257 e. The zero-order chi connectivity index (χ0) is 18.8. The number of ketones is 1. The highest BCUT2D eigenvalue weighted by Gasteiger charge is 2.28. The van der Waals surface area contributed by atoms with Gasteiger partial charge in [-0.1, -0.05) is 6.07 Å². The number of anilines is 1. The van der Waals surface area contributed by atoms with Crippen LogP contribution in [0.5, 0.6) is 5.75 Å². The van der Waals surface area contributed by atoms with Crippen molar-refractivity contribution in [1.29, 1.82) is 0 Å². The first-order valence-electron chi connectivity index (χ1n) is 8.21.